The maximum atomic E-state index is 12.8. The first-order chi connectivity index (χ1) is 9.51. The molecule has 0 saturated carbocycles. The number of amides is 1. The molecule has 1 amide bonds. The van der Waals surface area contributed by atoms with Crippen LogP contribution in [-0.4, -0.2) is 10.5 Å². The van der Waals surface area contributed by atoms with E-state index in [0.717, 1.165) is 0 Å². The van der Waals surface area contributed by atoms with Gasteiger partial charge in [0.05, 0.1) is 5.69 Å². The number of nitrogen functional groups attached to an aromatic ring is 1. The highest BCUT2D eigenvalue weighted by Crippen LogP contribution is 2.17. The van der Waals surface area contributed by atoms with Crippen LogP contribution in [0.4, 0.5) is 15.8 Å². The Morgan fingerprint density at radius 3 is 2.70 bits per heavy atom. The first kappa shape index (κ1) is 13.6. The number of benzene rings is 1. The van der Waals surface area contributed by atoms with Crippen LogP contribution in [0.25, 0.3) is 0 Å². The first-order valence-electron chi connectivity index (χ1n) is 5.92. The van der Waals surface area contributed by atoms with Crippen molar-refractivity contribution in [2.45, 2.75) is 13.5 Å². The Hall–Kier alpha value is -2.81. The van der Waals surface area contributed by atoms with Gasteiger partial charge < -0.3 is 15.6 Å². The highest BCUT2D eigenvalue weighted by molar-refractivity contribution is 5.90. The van der Waals surface area contributed by atoms with E-state index in [4.69, 9.17) is 11.0 Å². The fourth-order valence-corrected chi connectivity index (χ4v) is 1.84. The zero-order chi connectivity index (χ0) is 14.7. The molecule has 0 fully saturated rings. The topological polar surface area (TPSA) is 83.8 Å². The van der Waals surface area contributed by atoms with Crippen LogP contribution in [0.2, 0.25) is 0 Å². The highest BCUT2D eigenvalue weighted by atomic mass is 19.1. The molecule has 20 heavy (non-hydrogen) atoms. The van der Waals surface area contributed by atoms with Crippen molar-refractivity contribution in [2.24, 2.45) is 0 Å². The maximum Gasteiger partial charge on any atom is 0.244 e. The van der Waals surface area contributed by atoms with E-state index in [1.807, 2.05) is 6.07 Å². The summed E-state index contributed by atoms with van der Waals surface area (Å²) in [6, 6.07) is 8.97. The van der Waals surface area contributed by atoms with E-state index in [9.17, 15) is 9.18 Å². The highest BCUT2D eigenvalue weighted by Gasteiger charge is 2.12. The molecule has 0 aliphatic heterocycles. The Morgan fingerprint density at radius 1 is 1.45 bits per heavy atom. The second kappa shape index (κ2) is 5.45. The third kappa shape index (κ3) is 2.78. The van der Waals surface area contributed by atoms with E-state index < -0.39 is 0 Å². The molecule has 0 aliphatic carbocycles. The number of nitrogens with zero attached hydrogens (tertiary/aromatic N) is 2. The number of nitriles is 1. The van der Waals surface area contributed by atoms with Gasteiger partial charge in [-0.2, -0.15) is 5.26 Å². The number of nitrogens with two attached hydrogens (primary N) is 1. The van der Waals surface area contributed by atoms with Crippen LogP contribution in [-0.2, 0) is 11.3 Å². The number of carbonyl (C=O) groups excluding carboxylic acids is 1. The molecule has 0 radical (unpaired) electrons. The number of hydrogen-bond donors (Lipinski definition) is 2. The van der Waals surface area contributed by atoms with Crippen molar-refractivity contribution in [1.82, 2.24) is 4.57 Å². The number of carbonyl (C=O) groups is 1. The molecule has 6 heteroatoms. The Bertz CT molecular complexity index is 682. The van der Waals surface area contributed by atoms with Gasteiger partial charge in [-0.25, -0.2) is 4.39 Å². The summed E-state index contributed by atoms with van der Waals surface area (Å²) in [5.74, 6) is -0.685. The van der Waals surface area contributed by atoms with Gasteiger partial charge >= 0.3 is 0 Å². The van der Waals surface area contributed by atoms with Crippen LogP contribution in [0.3, 0.4) is 0 Å². The largest absolute Gasteiger partial charge is 0.397 e. The van der Waals surface area contributed by atoms with E-state index in [1.165, 1.54) is 34.9 Å². The molecule has 2 aromatic rings. The van der Waals surface area contributed by atoms with Crippen LogP contribution in [0.1, 0.15) is 11.4 Å². The second-order valence-corrected chi connectivity index (χ2v) is 4.32. The fraction of sp³-hybridized carbons (Fsp3) is 0.143. The van der Waals surface area contributed by atoms with Crippen molar-refractivity contribution >= 4 is 17.3 Å². The number of anilines is 2. The zero-order valence-electron chi connectivity index (χ0n) is 10.9. The minimum atomic E-state index is -0.371. The number of aromatic nitrogens is 1. The van der Waals surface area contributed by atoms with E-state index in [1.54, 1.807) is 6.92 Å². The van der Waals surface area contributed by atoms with Gasteiger partial charge in [0.15, 0.2) is 0 Å². The Labute approximate surface area is 115 Å². The number of rotatable bonds is 3. The van der Waals surface area contributed by atoms with Crippen LogP contribution in [0.15, 0.2) is 30.3 Å². The molecule has 2 rings (SSSR count). The van der Waals surface area contributed by atoms with E-state index in [-0.39, 0.29) is 18.3 Å². The minimum Gasteiger partial charge on any atom is -0.397 e. The molecule has 1 heterocycles. The molecular weight excluding hydrogens is 259 g/mol. The summed E-state index contributed by atoms with van der Waals surface area (Å²) in [6.07, 6.45) is 0. The summed E-state index contributed by atoms with van der Waals surface area (Å²) in [6.45, 7) is 1.71. The molecule has 5 nitrogen and oxygen atoms in total. The van der Waals surface area contributed by atoms with E-state index >= 15 is 0 Å². The number of halogens is 1. The summed E-state index contributed by atoms with van der Waals surface area (Å²) in [5, 5.41) is 11.6. The molecular formula is C14H13FN4O. The van der Waals surface area contributed by atoms with Crippen LogP contribution in [0.5, 0.6) is 0 Å². The van der Waals surface area contributed by atoms with Gasteiger partial charge in [-0.15, -0.1) is 0 Å². The van der Waals surface area contributed by atoms with Crippen molar-refractivity contribution in [3.05, 3.63) is 47.5 Å². The summed E-state index contributed by atoms with van der Waals surface area (Å²) in [4.78, 5) is 11.9. The molecule has 1 aromatic heterocycles. The molecule has 0 spiro atoms. The molecule has 102 valence electrons. The lowest BCUT2D eigenvalue weighted by Gasteiger charge is -2.09. The molecule has 0 saturated heterocycles. The average molecular weight is 272 g/mol. The van der Waals surface area contributed by atoms with Crippen molar-refractivity contribution in [1.29, 1.82) is 5.26 Å². The van der Waals surface area contributed by atoms with Crippen LogP contribution < -0.4 is 11.1 Å². The van der Waals surface area contributed by atoms with Gasteiger partial charge in [0.1, 0.15) is 24.1 Å². The lowest BCUT2D eigenvalue weighted by molar-refractivity contribution is -0.116. The van der Waals surface area contributed by atoms with Gasteiger partial charge in [-0.3, -0.25) is 4.79 Å². The van der Waals surface area contributed by atoms with E-state index in [2.05, 4.69) is 5.32 Å². The number of hydrogen-bond acceptors (Lipinski definition) is 3. The van der Waals surface area contributed by atoms with Gasteiger partial charge in [-0.1, -0.05) is 0 Å². The third-order valence-electron chi connectivity index (χ3n) is 2.95. The van der Waals surface area contributed by atoms with Crippen molar-refractivity contribution < 1.29 is 9.18 Å². The third-order valence-corrected chi connectivity index (χ3v) is 2.95. The van der Waals surface area contributed by atoms with Gasteiger partial charge in [0, 0.05) is 11.4 Å². The SMILES string of the molecule is Cc1c(N)cc(C#N)n1CC(=O)Nc1ccc(F)cc1. The fourth-order valence-electron chi connectivity index (χ4n) is 1.84. The van der Waals surface area contributed by atoms with Gasteiger partial charge in [0.2, 0.25) is 5.91 Å². The minimum absolute atomic E-state index is 0.0245. The summed E-state index contributed by atoms with van der Waals surface area (Å²) in [5.41, 5.74) is 7.67. The van der Waals surface area contributed by atoms with Crippen LogP contribution >= 0.6 is 0 Å². The lowest BCUT2D eigenvalue weighted by atomic mass is 10.3. The quantitative estimate of drug-likeness (QED) is 0.896. The lowest BCUT2D eigenvalue weighted by Crippen LogP contribution is -2.20. The molecule has 0 bridgehead atoms. The molecule has 0 unspecified atom stereocenters. The normalized spacial score (nSPS) is 10.1. The Morgan fingerprint density at radius 2 is 2.10 bits per heavy atom. The summed E-state index contributed by atoms with van der Waals surface area (Å²) < 4.78 is 14.3. The predicted molar refractivity (Wildman–Crippen MR) is 73.3 cm³/mol. The molecule has 3 N–H and O–H groups in total. The predicted octanol–water partition coefficient (Wildman–Crippen LogP) is 2.03. The van der Waals surface area contributed by atoms with E-state index in [0.29, 0.717) is 22.8 Å². The first-order valence-corrected chi connectivity index (χ1v) is 5.92. The number of nitrogens with one attached hydrogen (secondary N) is 1. The molecule has 0 atom stereocenters. The monoisotopic (exact) mass is 272 g/mol. The smallest absolute Gasteiger partial charge is 0.244 e. The van der Waals surface area contributed by atoms with Crippen molar-refractivity contribution in [3.8, 4) is 6.07 Å². The van der Waals surface area contributed by atoms with Gasteiger partial charge in [-0.05, 0) is 37.3 Å². The molecule has 0 aliphatic rings. The van der Waals surface area contributed by atoms with Crippen LogP contribution in [0, 0.1) is 24.1 Å². The Kier molecular flexibility index (Phi) is 3.71. The standard InChI is InChI=1S/C14H13FN4O/c1-9-13(17)6-12(7-16)19(9)8-14(20)18-11-4-2-10(15)3-5-11/h2-6H,8,17H2,1H3,(H,18,20). The maximum absolute atomic E-state index is 12.8. The molecule has 1 aromatic carbocycles. The average Bonchev–Trinajstić information content (AvgIpc) is 2.69. The van der Waals surface area contributed by atoms with Gasteiger partial charge in [0.25, 0.3) is 0 Å². The van der Waals surface area contributed by atoms with Crippen molar-refractivity contribution in [3.63, 3.8) is 0 Å². The summed E-state index contributed by atoms with van der Waals surface area (Å²) in [7, 11) is 0. The zero-order valence-corrected chi connectivity index (χ0v) is 10.9. The van der Waals surface area contributed by atoms with Crippen molar-refractivity contribution in [2.75, 3.05) is 11.1 Å². The summed E-state index contributed by atoms with van der Waals surface area (Å²) >= 11 is 0. The second-order valence-electron chi connectivity index (χ2n) is 4.32. The Balaban J connectivity index is 2.13.